The summed E-state index contributed by atoms with van der Waals surface area (Å²) in [6.07, 6.45) is 1.66. The Morgan fingerprint density at radius 2 is 2.05 bits per heavy atom. The lowest BCUT2D eigenvalue weighted by atomic mass is 10.1. The zero-order valence-corrected chi connectivity index (χ0v) is 13.3. The monoisotopic (exact) mass is 361 g/mol. The van der Waals surface area contributed by atoms with Gasteiger partial charge in [-0.05, 0) is 30.9 Å². The van der Waals surface area contributed by atoms with Crippen LogP contribution in [-0.2, 0) is 4.79 Å². The number of Topliss-reactive ketones (excluding diaryl/α,β-unsaturated/α-hetero) is 1. The van der Waals surface area contributed by atoms with Gasteiger partial charge in [-0.1, -0.05) is 34.5 Å². The number of hydrogen-bond acceptors (Lipinski definition) is 2. The molecule has 1 heterocycles. The van der Waals surface area contributed by atoms with Crippen molar-refractivity contribution in [3.8, 4) is 0 Å². The van der Waals surface area contributed by atoms with Gasteiger partial charge >= 0.3 is 0 Å². The van der Waals surface area contributed by atoms with E-state index in [-0.39, 0.29) is 16.3 Å². The largest absolute Gasteiger partial charge is 0.302 e. The Bertz CT molecular complexity index is 564. The molecule has 0 spiro atoms. The van der Waals surface area contributed by atoms with Crippen molar-refractivity contribution >= 4 is 44.9 Å². The van der Waals surface area contributed by atoms with Crippen LogP contribution in [0.2, 0.25) is 5.02 Å². The molecule has 108 valence electrons. The lowest BCUT2D eigenvalue weighted by Crippen LogP contribution is -2.32. The number of amides is 1. The van der Waals surface area contributed by atoms with Gasteiger partial charge in [0.15, 0.2) is 0 Å². The van der Waals surface area contributed by atoms with E-state index in [9.17, 15) is 14.0 Å². The molecule has 1 unspecified atom stereocenters. The lowest BCUT2D eigenvalue weighted by molar-refractivity contribution is -0.114. The molecular weight excluding hydrogens is 349 g/mol. The van der Waals surface area contributed by atoms with E-state index in [1.807, 2.05) is 0 Å². The van der Waals surface area contributed by atoms with Crippen molar-refractivity contribution in [2.45, 2.75) is 19.8 Å². The standard InChI is InChI=1S/C14H14BrClFNO2/c1-8(4-6-15)5-7-18-12-10(17)3-2-9(16)11(12)13(19)14(18)20/h2-3,8H,4-7H2,1H3. The van der Waals surface area contributed by atoms with Crippen LogP contribution in [0.5, 0.6) is 0 Å². The fourth-order valence-electron chi connectivity index (χ4n) is 2.25. The SMILES string of the molecule is CC(CCBr)CCN1C(=O)C(=O)c2c(Cl)ccc(F)c21. The van der Waals surface area contributed by atoms with Crippen LogP contribution in [0.4, 0.5) is 10.1 Å². The summed E-state index contributed by atoms with van der Waals surface area (Å²) in [6.45, 7) is 2.38. The minimum atomic E-state index is -0.724. The normalized spacial score (nSPS) is 15.7. The van der Waals surface area contributed by atoms with Gasteiger partial charge in [-0.3, -0.25) is 9.59 Å². The Kier molecular flexibility index (Phi) is 4.81. The smallest absolute Gasteiger partial charge is 0.299 e. The van der Waals surface area contributed by atoms with Gasteiger partial charge in [0.2, 0.25) is 0 Å². The molecule has 1 aromatic rings. The first-order valence-corrected chi connectivity index (χ1v) is 7.87. The molecule has 0 saturated carbocycles. The van der Waals surface area contributed by atoms with Crippen molar-refractivity contribution in [2.75, 3.05) is 16.8 Å². The minimum Gasteiger partial charge on any atom is -0.302 e. The van der Waals surface area contributed by atoms with Crippen molar-refractivity contribution in [3.05, 3.63) is 28.5 Å². The maximum absolute atomic E-state index is 13.9. The highest BCUT2D eigenvalue weighted by molar-refractivity contribution is 9.09. The number of fused-ring (bicyclic) bond motifs is 1. The molecule has 0 N–H and O–H groups in total. The molecule has 0 fully saturated rings. The number of nitrogens with zero attached hydrogens (tertiary/aromatic N) is 1. The number of hydrogen-bond donors (Lipinski definition) is 0. The van der Waals surface area contributed by atoms with Gasteiger partial charge in [0.25, 0.3) is 11.7 Å². The number of alkyl halides is 1. The molecule has 0 saturated heterocycles. The quantitative estimate of drug-likeness (QED) is 0.590. The maximum Gasteiger partial charge on any atom is 0.299 e. The van der Waals surface area contributed by atoms with Crippen LogP contribution in [0, 0.1) is 11.7 Å². The molecule has 1 aliphatic rings. The number of anilines is 1. The molecular formula is C14H14BrClFNO2. The van der Waals surface area contributed by atoms with Crippen molar-refractivity contribution in [1.29, 1.82) is 0 Å². The predicted octanol–water partition coefficient (Wildman–Crippen LogP) is 3.82. The third-order valence-electron chi connectivity index (χ3n) is 3.46. The highest BCUT2D eigenvalue weighted by Crippen LogP contribution is 2.36. The number of carbonyl (C=O) groups is 2. The second-order valence-electron chi connectivity index (χ2n) is 4.91. The number of halogens is 3. The van der Waals surface area contributed by atoms with Crippen LogP contribution in [0.25, 0.3) is 0 Å². The Balaban J connectivity index is 2.27. The summed E-state index contributed by atoms with van der Waals surface area (Å²) < 4.78 is 13.9. The van der Waals surface area contributed by atoms with Crippen LogP contribution in [-0.4, -0.2) is 23.6 Å². The van der Waals surface area contributed by atoms with E-state index in [2.05, 4.69) is 22.9 Å². The molecule has 0 aromatic heterocycles. The number of carbonyl (C=O) groups excluding carboxylic acids is 2. The van der Waals surface area contributed by atoms with Gasteiger partial charge in [0, 0.05) is 11.9 Å². The second kappa shape index (κ2) is 6.22. The first-order chi connectivity index (χ1) is 9.47. The first-order valence-electron chi connectivity index (χ1n) is 6.37. The molecule has 1 aliphatic heterocycles. The molecule has 0 radical (unpaired) electrons. The average molecular weight is 363 g/mol. The molecule has 6 heteroatoms. The molecule has 1 atom stereocenters. The van der Waals surface area contributed by atoms with Crippen molar-refractivity contribution in [3.63, 3.8) is 0 Å². The Labute approximate surface area is 130 Å². The minimum absolute atomic E-state index is 0.00943. The van der Waals surface area contributed by atoms with Gasteiger partial charge < -0.3 is 4.90 Å². The second-order valence-corrected chi connectivity index (χ2v) is 6.11. The summed E-state index contributed by atoms with van der Waals surface area (Å²) in [4.78, 5) is 25.1. The Morgan fingerprint density at radius 1 is 1.35 bits per heavy atom. The van der Waals surface area contributed by atoms with E-state index in [0.29, 0.717) is 18.9 Å². The highest BCUT2D eigenvalue weighted by Gasteiger charge is 2.39. The van der Waals surface area contributed by atoms with E-state index < -0.39 is 17.5 Å². The third-order valence-corrected chi connectivity index (χ3v) is 4.23. The molecule has 2 rings (SSSR count). The summed E-state index contributed by atoms with van der Waals surface area (Å²) >= 11 is 9.27. The third kappa shape index (κ3) is 2.74. The van der Waals surface area contributed by atoms with Crippen molar-refractivity contribution in [2.24, 2.45) is 5.92 Å². The predicted molar refractivity (Wildman–Crippen MR) is 80.3 cm³/mol. The molecule has 0 aliphatic carbocycles. The zero-order chi connectivity index (χ0) is 14.9. The Morgan fingerprint density at radius 3 is 2.70 bits per heavy atom. The van der Waals surface area contributed by atoms with Crippen LogP contribution in [0.3, 0.4) is 0 Å². The molecule has 3 nitrogen and oxygen atoms in total. The molecule has 1 amide bonds. The van der Waals surface area contributed by atoms with E-state index in [4.69, 9.17) is 11.6 Å². The summed E-state index contributed by atoms with van der Waals surface area (Å²) in [7, 11) is 0. The fraction of sp³-hybridized carbons (Fsp3) is 0.429. The lowest BCUT2D eigenvalue weighted by Gasteiger charge is -2.19. The summed E-state index contributed by atoms with van der Waals surface area (Å²) in [6, 6.07) is 2.49. The van der Waals surface area contributed by atoms with Gasteiger partial charge in [0.1, 0.15) is 5.82 Å². The van der Waals surface area contributed by atoms with Crippen LogP contribution in [0.1, 0.15) is 30.1 Å². The van der Waals surface area contributed by atoms with Crippen LogP contribution in [0.15, 0.2) is 12.1 Å². The highest BCUT2D eigenvalue weighted by atomic mass is 79.9. The molecule has 20 heavy (non-hydrogen) atoms. The van der Waals surface area contributed by atoms with Crippen LogP contribution < -0.4 is 4.90 Å². The summed E-state index contributed by atoms with van der Waals surface area (Å²) in [5.41, 5.74) is 0.0170. The number of benzene rings is 1. The zero-order valence-electron chi connectivity index (χ0n) is 11.0. The summed E-state index contributed by atoms with van der Waals surface area (Å²) in [5, 5.41) is 0.994. The Hall–Kier alpha value is -0.940. The topological polar surface area (TPSA) is 37.4 Å². The molecule has 0 bridgehead atoms. The van der Waals surface area contributed by atoms with E-state index in [1.54, 1.807) is 0 Å². The van der Waals surface area contributed by atoms with E-state index >= 15 is 0 Å². The van der Waals surface area contributed by atoms with Gasteiger partial charge in [-0.2, -0.15) is 0 Å². The van der Waals surface area contributed by atoms with Gasteiger partial charge in [-0.15, -0.1) is 0 Å². The van der Waals surface area contributed by atoms with Gasteiger partial charge in [0.05, 0.1) is 16.3 Å². The summed E-state index contributed by atoms with van der Waals surface area (Å²) in [5.74, 6) is -1.63. The van der Waals surface area contributed by atoms with Crippen molar-refractivity contribution in [1.82, 2.24) is 0 Å². The maximum atomic E-state index is 13.9. The first kappa shape index (κ1) is 15.4. The van der Waals surface area contributed by atoms with E-state index in [1.165, 1.54) is 17.0 Å². The van der Waals surface area contributed by atoms with Crippen molar-refractivity contribution < 1.29 is 14.0 Å². The number of rotatable bonds is 5. The van der Waals surface area contributed by atoms with E-state index in [0.717, 1.165) is 11.8 Å². The fourth-order valence-corrected chi connectivity index (χ4v) is 3.27. The van der Waals surface area contributed by atoms with Gasteiger partial charge in [-0.25, -0.2) is 4.39 Å². The average Bonchev–Trinajstić information content (AvgIpc) is 2.66. The number of ketones is 1. The van der Waals surface area contributed by atoms with Crippen LogP contribution >= 0.6 is 27.5 Å². The molecule has 1 aromatic carbocycles.